The van der Waals surface area contributed by atoms with Gasteiger partial charge in [0.15, 0.2) is 0 Å². The lowest BCUT2D eigenvalue weighted by Crippen LogP contribution is -2.57. The Bertz CT molecular complexity index is 1100. The number of amides is 3. The average molecular weight is 538 g/mol. The van der Waals surface area contributed by atoms with Crippen LogP contribution < -0.4 is 10.6 Å². The lowest BCUT2D eigenvalue weighted by atomic mass is 9.74. The standard InChI is InChI=1S/C31H43N3O5/c1-5-38-18-8-17-34-27(29(36)33-23-10-7-6-9-20(23)4)31-16-15-24(39-31)25(26(31)30(34)37)28(35)32-22-13-11-21(12-14-22)19(2)3/h11-16,19-20,23-27H,5-10,17-18H2,1-4H3,(H,32,35)(H,33,36)/t20-,23+,24-,25-,26-,27+,31+/m1/s1. The maximum absolute atomic E-state index is 14.0. The molecule has 8 nitrogen and oxygen atoms in total. The lowest BCUT2D eigenvalue weighted by molar-refractivity contribution is -0.141. The van der Waals surface area contributed by atoms with E-state index in [2.05, 4.69) is 31.4 Å². The van der Waals surface area contributed by atoms with E-state index in [1.54, 1.807) is 4.90 Å². The lowest BCUT2D eigenvalue weighted by Gasteiger charge is -2.36. The highest BCUT2D eigenvalue weighted by molar-refractivity contribution is 6.02. The van der Waals surface area contributed by atoms with Gasteiger partial charge in [0, 0.05) is 31.5 Å². The molecule has 5 rings (SSSR count). The second-order valence-electron chi connectivity index (χ2n) is 11.9. The van der Waals surface area contributed by atoms with Crippen molar-refractivity contribution in [3.8, 4) is 0 Å². The van der Waals surface area contributed by atoms with Gasteiger partial charge < -0.3 is 25.0 Å². The summed E-state index contributed by atoms with van der Waals surface area (Å²) in [6, 6.07) is 7.07. The fourth-order valence-electron chi connectivity index (χ4n) is 6.96. The molecule has 1 aromatic carbocycles. The molecule has 7 atom stereocenters. The molecule has 1 spiro atoms. The molecule has 1 aliphatic carbocycles. The molecule has 8 heteroatoms. The number of ether oxygens (including phenoxy) is 2. The van der Waals surface area contributed by atoms with Crippen LogP contribution >= 0.6 is 0 Å². The molecule has 0 unspecified atom stereocenters. The van der Waals surface area contributed by atoms with E-state index >= 15 is 0 Å². The van der Waals surface area contributed by atoms with Gasteiger partial charge >= 0.3 is 0 Å². The van der Waals surface area contributed by atoms with Crippen LogP contribution in [0.2, 0.25) is 0 Å². The van der Waals surface area contributed by atoms with Crippen molar-refractivity contribution >= 4 is 23.4 Å². The minimum Gasteiger partial charge on any atom is -0.382 e. The number of anilines is 1. The highest BCUT2D eigenvalue weighted by Crippen LogP contribution is 2.55. The summed E-state index contributed by atoms with van der Waals surface area (Å²) in [5.41, 5.74) is 0.733. The topological polar surface area (TPSA) is 97.0 Å². The minimum atomic E-state index is -1.14. The van der Waals surface area contributed by atoms with Crippen molar-refractivity contribution < 1.29 is 23.9 Å². The van der Waals surface area contributed by atoms with E-state index in [0.29, 0.717) is 43.7 Å². The van der Waals surface area contributed by atoms with E-state index in [-0.39, 0.29) is 23.8 Å². The van der Waals surface area contributed by atoms with Crippen molar-refractivity contribution in [2.75, 3.05) is 25.1 Å². The molecule has 3 heterocycles. The number of likely N-dealkylation sites (tertiary alicyclic amines) is 1. The monoisotopic (exact) mass is 537 g/mol. The Balaban J connectivity index is 1.39. The predicted octanol–water partition coefficient (Wildman–Crippen LogP) is 4.02. The second kappa shape index (κ2) is 11.4. The summed E-state index contributed by atoms with van der Waals surface area (Å²) in [6.07, 6.45) is 8.09. The van der Waals surface area contributed by atoms with Crippen LogP contribution in [0, 0.1) is 17.8 Å². The van der Waals surface area contributed by atoms with Crippen molar-refractivity contribution in [2.24, 2.45) is 17.8 Å². The normalized spacial score (nSPS) is 33.1. The Morgan fingerprint density at radius 2 is 1.90 bits per heavy atom. The number of benzene rings is 1. The van der Waals surface area contributed by atoms with Gasteiger partial charge in [0.05, 0.1) is 17.9 Å². The summed E-state index contributed by atoms with van der Waals surface area (Å²) in [5, 5.41) is 6.28. The van der Waals surface area contributed by atoms with Crippen LogP contribution in [0.1, 0.15) is 71.3 Å². The van der Waals surface area contributed by atoms with Gasteiger partial charge in [-0.2, -0.15) is 0 Å². The molecule has 2 N–H and O–H groups in total. The maximum Gasteiger partial charge on any atom is 0.246 e. The Morgan fingerprint density at radius 1 is 1.15 bits per heavy atom. The molecule has 212 valence electrons. The molecule has 0 aromatic heterocycles. The first-order valence-corrected chi connectivity index (χ1v) is 14.7. The van der Waals surface area contributed by atoms with Crippen LogP contribution in [0.3, 0.4) is 0 Å². The number of hydrogen-bond acceptors (Lipinski definition) is 5. The number of carbonyl (C=O) groups excluding carboxylic acids is 3. The van der Waals surface area contributed by atoms with Gasteiger partial charge in [0.2, 0.25) is 17.7 Å². The number of nitrogens with zero attached hydrogens (tertiary/aromatic N) is 1. The largest absolute Gasteiger partial charge is 0.382 e. The summed E-state index contributed by atoms with van der Waals surface area (Å²) in [7, 11) is 0. The van der Waals surface area contributed by atoms with Gasteiger partial charge in [-0.3, -0.25) is 14.4 Å². The Morgan fingerprint density at radius 3 is 2.59 bits per heavy atom. The van der Waals surface area contributed by atoms with E-state index in [1.807, 2.05) is 43.3 Å². The number of carbonyl (C=O) groups is 3. The maximum atomic E-state index is 14.0. The zero-order valence-corrected chi connectivity index (χ0v) is 23.7. The minimum absolute atomic E-state index is 0.0811. The van der Waals surface area contributed by atoms with Crippen LogP contribution in [0.25, 0.3) is 0 Å². The van der Waals surface area contributed by atoms with E-state index in [4.69, 9.17) is 9.47 Å². The van der Waals surface area contributed by atoms with Gasteiger partial charge in [-0.1, -0.05) is 57.9 Å². The third kappa shape index (κ3) is 5.13. The molecule has 4 aliphatic rings. The molecular formula is C31H43N3O5. The molecule has 2 bridgehead atoms. The molecule has 3 amide bonds. The first-order valence-electron chi connectivity index (χ1n) is 14.7. The number of fused-ring (bicyclic) bond motifs is 1. The van der Waals surface area contributed by atoms with Crippen LogP contribution in [0.5, 0.6) is 0 Å². The Kier molecular flexibility index (Phi) is 8.15. The summed E-state index contributed by atoms with van der Waals surface area (Å²) < 4.78 is 12.0. The fourth-order valence-corrected chi connectivity index (χ4v) is 6.96. The van der Waals surface area contributed by atoms with Crippen molar-refractivity contribution in [3.63, 3.8) is 0 Å². The van der Waals surface area contributed by atoms with Gasteiger partial charge in [0.1, 0.15) is 11.6 Å². The molecule has 1 saturated carbocycles. The number of hydrogen-bond donors (Lipinski definition) is 2. The van der Waals surface area contributed by atoms with E-state index in [1.165, 1.54) is 12.0 Å². The quantitative estimate of drug-likeness (QED) is 0.347. The van der Waals surface area contributed by atoms with E-state index < -0.39 is 29.6 Å². The smallest absolute Gasteiger partial charge is 0.246 e. The summed E-state index contributed by atoms with van der Waals surface area (Å²) >= 11 is 0. The first kappa shape index (κ1) is 27.8. The van der Waals surface area contributed by atoms with Gasteiger partial charge in [-0.05, 0) is 55.7 Å². The molecule has 0 radical (unpaired) electrons. The van der Waals surface area contributed by atoms with Crippen LogP contribution in [-0.2, 0) is 23.9 Å². The Labute approximate surface area is 231 Å². The summed E-state index contributed by atoms with van der Waals surface area (Å²) in [5.74, 6) is -1.29. The molecule has 1 aromatic rings. The second-order valence-corrected chi connectivity index (χ2v) is 11.9. The SMILES string of the molecule is CCOCCCN1C(=O)[C@H]2[C@H](C(=O)Nc3ccc(C(C)C)cc3)[C@H]3C=C[C@@]2(O3)[C@@H]1C(=O)N[C@H]1CCCC[C@H]1C. The van der Waals surface area contributed by atoms with Crippen LogP contribution in [-0.4, -0.2) is 66.2 Å². The molecule has 3 fully saturated rings. The van der Waals surface area contributed by atoms with Crippen molar-refractivity contribution in [1.29, 1.82) is 0 Å². The third-order valence-corrected chi connectivity index (χ3v) is 9.10. The number of nitrogens with one attached hydrogen (secondary N) is 2. The third-order valence-electron chi connectivity index (χ3n) is 9.10. The molecule has 39 heavy (non-hydrogen) atoms. The van der Waals surface area contributed by atoms with Crippen LogP contribution in [0.4, 0.5) is 5.69 Å². The fraction of sp³-hybridized carbons (Fsp3) is 0.645. The molecule has 3 aliphatic heterocycles. The molecular weight excluding hydrogens is 494 g/mol. The average Bonchev–Trinajstić information content (AvgIpc) is 3.55. The summed E-state index contributed by atoms with van der Waals surface area (Å²) in [6.45, 7) is 9.83. The van der Waals surface area contributed by atoms with Crippen molar-refractivity contribution in [2.45, 2.75) is 89.5 Å². The summed E-state index contributed by atoms with van der Waals surface area (Å²) in [4.78, 5) is 43.2. The van der Waals surface area contributed by atoms with E-state index in [0.717, 1.165) is 19.3 Å². The van der Waals surface area contributed by atoms with Gasteiger partial charge in [-0.15, -0.1) is 0 Å². The number of rotatable bonds is 10. The van der Waals surface area contributed by atoms with Crippen LogP contribution in [0.15, 0.2) is 36.4 Å². The zero-order valence-electron chi connectivity index (χ0n) is 23.7. The van der Waals surface area contributed by atoms with Gasteiger partial charge in [-0.25, -0.2) is 0 Å². The highest BCUT2D eigenvalue weighted by atomic mass is 16.5. The van der Waals surface area contributed by atoms with Crippen molar-refractivity contribution in [1.82, 2.24) is 10.2 Å². The van der Waals surface area contributed by atoms with Gasteiger partial charge in [0.25, 0.3) is 0 Å². The molecule has 2 saturated heterocycles. The van der Waals surface area contributed by atoms with E-state index in [9.17, 15) is 14.4 Å². The van der Waals surface area contributed by atoms with Crippen molar-refractivity contribution in [3.05, 3.63) is 42.0 Å². The first-order chi connectivity index (χ1) is 18.8. The highest BCUT2D eigenvalue weighted by Gasteiger charge is 2.72. The Hall–Kier alpha value is -2.71. The predicted molar refractivity (Wildman–Crippen MR) is 149 cm³/mol. The zero-order chi connectivity index (χ0) is 27.7.